The zero-order chi connectivity index (χ0) is 21.8. The summed E-state index contributed by atoms with van der Waals surface area (Å²) >= 11 is 0. The number of carbonyl (C=O) groups excluding carboxylic acids is 1. The maximum absolute atomic E-state index is 12.6. The lowest BCUT2D eigenvalue weighted by Gasteiger charge is -2.39. The molecule has 2 aliphatic heterocycles. The van der Waals surface area contributed by atoms with Gasteiger partial charge in [-0.25, -0.2) is 0 Å². The van der Waals surface area contributed by atoms with E-state index in [1.807, 2.05) is 18.2 Å². The van der Waals surface area contributed by atoms with Crippen molar-refractivity contribution in [3.8, 4) is 5.75 Å². The molecular weight excluding hydrogens is 388 g/mol. The quantitative estimate of drug-likeness (QED) is 0.817. The molecular formula is C25H36N4O2. The summed E-state index contributed by atoms with van der Waals surface area (Å²) in [7, 11) is 0. The highest BCUT2D eigenvalue weighted by atomic mass is 16.5. The maximum Gasteiger partial charge on any atom is 0.258 e. The first-order chi connectivity index (χ1) is 15.0. The van der Waals surface area contributed by atoms with Gasteiger partial charge in [-0.3, -0.25) is 14.4 Å². The van der Waals surface area contributed by atoms with Crippen LogP contribution >= 0.6 is 0 Å². The molecule has 168 valence electrons. The van der Waals surface area contributed by atoms with E-state index in [9.17, 15) is 4.79 Å². The van der Waals surface area contributed by atoms with E-state index in [1.165, 1.54) is 23.2 Å². The second-order valence-electron chi connectivity index (χ2n) is 9.07. The molecule has 0 radical (unpaired) electrons. The van der Waals surface area contributed by atoms with Gasteiger partial charge in [0.15, 0.2) is 6.61 Å². The molecule has 2 aromatic rings. The summed E-state index contributed by atoms with van der Waals surface area (Å²) in [5, 5.41) is 7.97. The Bertz CT molecular complexity index is 907. The molecule has 1 N–H and O–H groups in total. The first-order valence-electron chi connectivity index (χ1n) is 11.8. The predicted octanol–water partition coefficient (Wildman–Crippen LogP) is 3.63. The molecule has 3 heterocycles. The molecule has 0 spiro atoms. The van der Waals surface area contributed by atoms with Crippen molar-refractivity contribution in [3.63, 3.8) is 0 Å². The molecule has 6 heteroatoms. The minimum Gasteiger partial charge on any atom is -0.483 e. The normalized spacial score (nSPS) is 23.0. The van der Waals surface area contributed by atoms with Crippen molar-refractivity contribution in [1.82, 2.24) is 20.0 Å². The fraction of sp³-hybridized carbons (Fsp3) is 0.600. The van der Waals surface area contributed by atoms with Crippen LogP contribution in [-0.2, 0) is 24.3 Å². The maximum atomic E-state index is 12.6. The van der Waals surface area contributed by atoms with Crippen LogP contribution in [0.2, 0.25) is 0 Å². The zero-order valence-corrected chi connectivity index (χ0v) is 19.2. The molecule has 1 amide bonds. The van der Waals surface area contributed by atoms with E-state index in [4.69, 9.17) is 9.84 Å². The standard InChI is InChI=1S/C25H36N4O2/c1-4-29-19(3)22(18(2)27-29)16-28-14-13-23-21(15-28)11-6-5-9-20-10-7-8-12-24(20)31-17-25(30)26-23/h7-8,10,12,21,23H,4-6,9,11,13-17H2,1-3H3,(H,26,30)/t21-,23+/m0/s1. The van der Waals surface area contributed by atoms with E-state index < -0.39 is 0 Å². The lowest BCUT2D eigenvalue weighted by atomic mass is 9.86. The Kier molecular flexibility index (Phi) is 6.96. The number of fused-ring (bicyclic) bond motifs is 2. The lowest BCUT2D eigenvalue weighted by Crippen LogP contribution is -2.51. The predicted molar refractivity (Wildman–Crippen MR) is 122 cm³/mol. The molecule has 31 heavy (non-hydrogen) atoms. The number of piperidine rings is 1. The summed E-state index contributed by atoms with van der Waals surface area (Å²) in [5.74, 6) is 1.33. The highest BCUT2D eigenvalue weighted by Gasteiger charge is 2.31. The summed E-state index contributed by atoms with van der Waals surface area (Å²) < 4.78 is 7.96. The molecule has 6 nitrogen and oxygen atoms in total. The van der Waals surface area contributed by atoms with Crippen LogP contribution in [0.15, 0.2) is 24.3 Å². The Morgan fingerprint density at radius 3 is 2.84 bits per heavy atom. The highest BCUT2D eigenvalue weighted by molar-refractivity contribution is 5.78. The third-order valence-electron chi connectivity index (χ3n) is 6.98. The van der Waals surface area contributed by atoms with Gasteiger partial charge < -0.3 is 10.1 Å². The largest absolute Gasteiger partial charge is 0.483 e. The number of rotatable bonds is 3. The Balaban J connectivity index is 1.43. The number of likely N-dealkylation sites (tertiary alicyclic amines) is 1. The topological polar surface area (TPSA) is 59.4 Å². The molecule has 1 fully saturated rings. The van der Waals surface area contributed by atoms with Gasteiger partial charge in [-0.05, 0) is 64.0 Å². The fourth-order valence-corrected chi connectivity index (χ4v) is 5.19. The molecule has 2 aliphatic rings. The molecule has 0 unspecified atom stereocenters. The van der Waals surface area contributed by atoms with Gasteiger partial charge in [-0.2, -0.15) is 5.10 Å². The summed E-state index contributed by atoms with van der Waals surface area (Å²) in [5.41, 5.74) is 4.99. The smallest absolute Gasteiger partial charge is 0.258 e. The van der Waals surface area contributed by atoms with Crippen LogP contribution in [0.5, 0.6) is 5.75 Å². The van der Waals surface area contributed by atoms with E-state index in [1.54, 1.807) is 0 Å². The number of amides is 1. The molecule has 0 aliphatic carbocycles. The summed E-state index contributed by atoms with van der Waals surface area (Å²) in [6.45, 7) is 10.4. The number of aromatic nitrogens is 2. The van der Waals surface area contributed by atoms with Gasteiger partial charge in [0.05, 0.1) is 5.69 Å². The van der Waals surface area contributed by atoms with Crippen LogP contribution in [0.3, 0.4) is 0 Å². The van der Waals surface area contributed by atoms with Crippen molar-refractivity contribution >= 4 is 5.91 Å². The van der Waals surface area contributed by atoms with Crippen molar-refractivity contribution in [2.45, 2.75) is 72.0 Å². The van der Waals surface area contributed by atoms with Gasteiger partial charge in [-0.15, -0.1) is 0 Å². The van der Waals surface area contributed by atoms with Crippen LogP contribution < -0.4 is 10.1 Å². The minimum absolute atomic E-state index is 0.00487. The van der Waals surface area contributed by atoms with E-state index in [0.29, 0.717) is 5.92 Å². The Morgan fingerprint density at radius 1 is 1.19 bits per heavy atom. The van der Waals surface area contributed by atoms with Crippen LogP contribution in [0.25, 0.3) is 0 Å². The number of nitrogens with one attached hydrogen (secondary N) is 1. The average Bonchev–Trinajstić information content (AvgIpc) is 3.04. The Morgan fingerprint density at radius 2 is 2.03 bits per heavy atom. The lowest BCUT2D eigenvalue weighted by molar-refractivity contribution is -0.124. The van der Waals surface area contributed by atoms with Gasteiger partial charge >= 0.3 is 0 Å². The van der Waals surface area contributed by atoms with Gasteiger partial charge in [-0.1, -0.05) is 24.6 Å². The Labute approximate surface area is 186 Å². The molecule has 0 bridgehead atoms. The molecule has 1 aromatic heterocycles. The summed E-state index contributed by atoms with van der Waals surface area (Å²) in [4.78, 5) is 15.2. The number of aryl methyl sites for hydroxylation is 3. The summed E-state index contributed by atoms with van der Waals surface area (Å²) in [6.07, 6.45) is 5.47. The van der Waals surface area contributed by atoms with Gasteiger partial charge in [0, 0.05) is 43.5 Å². The fourth-order valence-electron chi connectivity index (χ4n) is 5.19. The van der Waals surface area contributed by atoms with E-state index in [0.717, 1.165) is 63.3 Å². The van der Waals surface area contributed by atoms with Crippen LogP contribution in [-0.4, -0.2) is 46.3 Å². The van der Waals surface area contributed by atoms with Crippen molar-refractivity contribution < 1.29 is 9.53 Å². The van der Waals surface area contributed by atoms with Crippen molar-refractivity contribution in [2.75, 3.05) is 19.7 Å². The monoisotopic (exact) mass is 424 g/mol. The van der Waals surface area contributed by atoms with Crippen molar-refractivity contribution in [2.24, 2.45) is 5.92 Å². The summed E-state index contributed by atoms with van der Waals surface area (Å²) in [6, 6.07) is 8.35. The first-order valence-corrected chi connectivity index (χ1v) is 11.8. The van der Waals surface area contributed by atoms with Gasteiger partial charge in [0.25, 0.3) is 5.91 Å². The zero-order valence-electron chi connectivity index (χ0n) is 19.2. The van der Waals surface area contributed by atoms with E-state index in [2.05, 4.69) is 41.7 Å². The van der Waals surface area contributed by atoms with Crippen LogP contribution in [0, 0.1) is 19.8 Å². The third kappa shape index (κ3) is 5.12. The first kappa shape index (κ1) is 21.9. The number of para-hydroxylation sites is 1. The van der Waals surface area contributed by atoms with Gasteiger partial charge in [0.2, 0.25) is 0 Å². The number of nitrogens with zero attached hydrogens (tertiary/aromatic N) is 3. The van der Waals surface area contributed by atoms with Crippen LogP contribution in [0.1, 0.15) is 55.1 Å². The molecule has 1 aromatic carbocycles. The molecule has 1 saturated heterocycles. The number of benzene rings is 1. The molecule has 0 saturated carbocycles. The average molecular weight is 425 g/mol. The second-order valence-corrected chi connectivity index (χ2v) is 9.07. The third-order valence-corrected chi connectivity index (χ3v) is 6.98. The van der Waals surface area contributed by atoms with E-state index in [-0.39, 0.29) is 18.6 Å². The SMILES string of the molecule is CCn1nc(C)c(CN2CC[C@H]3NC(=O)COc4ccccc4CCCC[C@H]3C2)c1C. The van der Waals surface area contributed by atoms with Gasteiger partial charge in [0.1, 0.15) is 5.75 Å². The number of ether oxygens (including phenoxy) is 1. The van der Waals surface area contributed by atoms with Crippen LogP contribution in [0.4, 0.5) is 0 Å². The number of carbonyl (C=O) groups is 1. The minimum atomic E-state index is -0.00487. The van der Waals surface area contributed by atoms with Crippen molar-refractivity contribution in [1.29, 1.82) is 0 Å². The second kappa shape index (κ2) is 9.86. The molecule has 4 rings (SSSR count). The number of hydrogen-bond acceptors (Lipinski definition) is 4. The van der Waals surface area contributed by atoms with E-state index >= 15 is 0 Å². The Hall–Kier alpha value is -2.34. The highest BCUT2D eigenvalue weighted by Crippen LogP contribution is 2.27. The molecule has 2 atom stereocenters. The number of hydrogen-bond donors (Lipinski definition) is 1. The van der Waals surface area contributed by atoms with Crippen molar-refractivity contribution in [3.05, 3.63) is 46.8 Å².